The molecule has 6 heteroatoms. The standard InChI is InChI=1S/C14H25F3N2O/c1-13(2,7-8-18)6-5-12(20)19-9-3-4-11(10-19)14(15,16)17/h11H,3-10,18H2,1-2H3. The minimum absolute atomic E-state index is 0.0381. The number of rotatable bonds is 5. The summed E-state index contributed by atoms with van der Waals surface area (Å²) in [7, 11) is 0. The Morgan fingerprint density at radius 1 is 1.30 bits per heavy atom. The van der Waals surface area contributed by atoms with Crippen molar-refractivity contribution in [2.75, 3.05) is 19.6 Å². The second-order valence-corrected chi connectivity index (χ2v) is 6.42. The van der Waals surface area contributed by atoms with Crippen LogP contribution >= 0.6 is 0 Å². The highest BCUT2D eigenvalue weighted by Crippen LogP contribution is 2.34. The fourth-order valence-corrected chi connectivity index (χ4v) is 2.59. The third kappa shape index (κ3) is 5.31. The minimum Gasteiger partial charge on any atom is -0.342 e. The predicted octanol–water partition coefficient (Wildman–Crippen LogP) is 2.94. The Morgan fingerprint density at radius 2 is 1.95 bits per heavy atom. The van der Waals surface area contributed by atoms with Crippen LogP contribution in [0.2, 0.25) is 0 Å². The van der Waals surface area contributed by atoms with Gasteiger partial charge in [-0.2, -0.15) is 13.2 Å². The molecule has 1 aliphatic heterocycles. The highest BCUT2D eigenvalue weighted by atomic mass is 19.4. The lowest BCUT2D eigenvalue weighted by atomic mass is 9.84. The summed E-state index contributed by atoms with van der Waals surface area (Å²) in [6, 6.07) is 0. The number of piperidine rings is 1. The average Bonchev–Trinajstić information content (AvgIpc) is 2.35. The van der Waals surface area contributed by atoms with Crippen LogP contribution in [0.25, 0.3) is 0 Å². The molecule has 1 aliphatic rings. The Labute approximate surface area is 118 Å². The fraction of sp³-hybridized carbons (Fsp3) is 0.929. The van der Waals surface area contributed by atoms with Crippen molar-refractivity contribution in [3.05, 3.63) is 0 Å². The van der Waals surface area contributed by atoms with E-state index in [4.69, 9.17) is 5.73 Å². The maximum absolute atomic E-state index is 12.7. The van der Waals surface area contributed by atoms with Crippen LogP contribution in [0.15, 0.2) is 0 Å². The van der Waals surface area contributed by atoms with Gasteiger partial charge in [-0.25, -0.2) is 0 Å². The van der Waals surface area contributed by atoms with Crippen molar-refractivity contribution in [1.82, 2.24) is 4.90 Å². The number of halogens is 3. The van der Waals surface area contributed by atoms with Crippen molar-refractivity contribution in [3.8, 4) is 0 Å². The minimum atomic E-state index is -4.20. The molecule has 20 heavy (non-hydrogen) atoms. The summed E-state index contributed by atoms with van der Waals surface area (Å²) >= 11 is 0. The van der Waals surface area contributed by atoms with E-state index in [-0.39, 0.29) is 24.3 Å². The zero-order valence-electron chi connectivity index (χ0n) is 12.3. The van der Waals surface area contributed by atoms with E-state index in [9.17, 15) is 18.0 Å². The van der Waals surface area contributed by atoms with E-state index in [0.29, 0.717) is 32.4 Å². The van der Waals surface area contributed by atoms with Crippen molar-refractivity contribution in [2.45, 2.75) is 52.1 Å². The molecular weight excluding hydrogens is 269 g/mol. The number of amides is 1. The van der Waals surface area contributed by atoms with E-state index in [1.54, 1.807) is 0 Å². The van der Waals surface area contributed by atoms with Gasteiger partial charge in [-0.3, -0.25) is 4.79 Å². The lowest BCUT2D eigenvalue weighted by Crippen LogP contribution is -2.44. The number of hydrogen-bond donors (Lipinski definition) is 1. The normalized spacial score (nSPS) is 21.1. The lowest BCUT2D eigenvalue weighted by Gasteiger charge is -2.34. The smallest absolute Gasteiger partial charge is 0.342 e. The van der Waals surface area contributed by atoms with Crippen molar-refractivity contribution in [1.29, 1.82) is 0 Å². The van der Waals surface area contributed by atoms with Crippen LogP contribution < -0.4 is 5.73 Å². The maximum Gasteiger partial charge on any atom is 0.393 e. The van der Waals surface area contributed by atoms with E-state index < -0.39 is 12.1 Å². The van der Waals surface area contributed by atoms with Crippen LogP contribution in [0.5, 0.6) is 0 Å². The lowest BCUT2D eigenvalue weighted by molar-refractivity contribution is -0.188. The van der Waals surface area contributed by atoms with Gasteiger partial charge in [-0.1, -0.05) is 13.8 Å². The molecule has 0 bridgehead atoms. The molecule has 1 amide bonds. The molecule has 118 valence electrons. The molecule has 0 radical (unpaired) electrons. The van der Waals surface area contributed by atoms with Crippen LogP contribution in [0, 0.1) is 11.3 Å². The SMILES string of the molecule is CC(C)(CCN)CCC(=O)N1CCCC(C(F)(F)F)C1. The average molecular weight is 294 g/mol. The molecule has 0 aromatic carbocycles. The molecule has 1 heterocycles. The number of nitrogens with zero attached hydrogens (tertiary/aromatic N) is 1. The summed E-state index contributed by atoms with van der Waals surface area (Å²) in [5, 5.41) is 0. The van der Waals surface area contributed by atoms with Gasteiger partial charge in [0.05, 0.1) is 5.92 Å². The van der Waals surface area contributed by atoms with E-state index in [2.05, 4.69) is 0 Å². The fourth-order valence-electron chi connectivity index (χ4n) is 2.59. The number of hydrogen-bond acceptors (Lipinski definition) is 2. The number of likely N-dealkylation sites (tertiary alicyclic amines) is 1. The van der Waals surface area contributed by atoms with Gasteiger partial charge in [0.15, 0.2) is 0 Å². The summed E-state index contributed by atoms with van der Waals surface area (Å²) < 4.78 is 38.1. The van der Waals surface area contributed by atoms with Crippen LogP contribution in [0.4, 0.5) is 13.2 Å². The van der Waals surface area contributed by atoms with Crippen LogP contribution in [0.1, 0.15) is 46.0 Å². The zero-order valence-corrected chi connectivity index (χ0v) is 12.3. The summed E-state index contributed by atoms with van der Waals surface area (Å²) in [6.45, 7) is 4.88. The number of alkyl halides is 3. The molecule has 0 aromatic heterocycles. The summed E-state index contributed by atoms with van der Waals surface area (Å²) in [4.78, 5) is 13.4. The third-order valence-electron chi connectivity index (χ3n) is 4.07. The third-order valence-corrected chi connectivity index (χ3v) is 4.07. The molecule has 1 unspecified atom stereocenters. The van der Waals surface area contributed by atoms with Gasteiger partial charge in [-0.15, -0.1) is 0 Å². The predicted molar refractivity (Wildman–Crippen MR) is 72.0 cm³/mol. The molecule has 1 fully saturated rings. The molecule has 0 aromatic rings. The Kier molecular flexibility index (Phi) is 5.86. The Morgan fingerprint density at radius 3 is 2.50 bits per heavy atom. The van der Waals surface area contributed by atoms with Crippen molar-refractivity contribution < 1.29 is 18.0 Å². The van der Waals surface area contributed by atoms with Gasteiger partial charge < -0.3 is 10.6 Å². The quantitative estimate of drug-likeness (QED) is 0.847. The summed E-state index contributed by atoms with van der Waals surface area (Å²) in [5.41, 5.74) is 5.47. The highest BCUT2D eigenvalue weighted by Gasteiger charge is 2.42. The summed E-state index contributed by atoms with van der Waals surface area (Å²) in [6.07, 6.45) is -1.86. The first kappa shape index (κ1) is 17.3. The van der Waals surface area contributed by atoms with Crippen molar-refractivity contribution >= 4 is 5.91 Å². The van der Waals surface area contributed by atoms with Gasteiger partial charge >= 0.3 is 6.18 Å². The second kappa shape index (κ2) is 6.78. The number of carbonyl (C=O) groups is 1. The van der Waals surface area contributed by atoms with Crippen molar-refractivity contribution in [2.24, 2.45) is 17.1 Å². The molecule has 0 spiro atoms. The van der Waals surface area contributed by atoms with E-state index in [1.807, 2.05) is 13.8 Å². The molecule has 2 N–H and O–H groups in total. The Hall–Kier alpha value is -0.780. The molecule has 0 aliphatic carbocycles. The van der Waals surface area contributed by atoms with Crippen LogP contribution in [-0.2, 0) is 4.79 Å². The molecule has 0 saturated carbocycles. The molecular formula is C14H25F3N2O. The summed E-state index contributed by atoms with van der Waals surface area (Å²) in [5.74, 6) is -1.53. The highest BCUT2D eigenvalue weighted by molar-refractivity contribution is 5.76. The van der Waals surface area contributed by atoms with Gasteiger partial charge in [0.2, 0.25) is 5.91 Å². The maximum atomic E-state index is 12.7. The zero-order chi connectivity index (χ0) is 15.4. The van der Waals surface area contributed by atoms with Gasteiger partial charge in [0, 0.05) is 19.5 Å². The Bertz CT molecular complexity index is 329. The largest absolute Gasteiger partial charge is 0.393 e. The monoisotopic (exact) mass is 294 g/mol. The molecule has 3 nitrogen and oxygen atoms in total. The topological polar surface area (TPSA) is 46.3 Å². The molecule has 1 saturated heterocycles. The van der Waals surface area contributed by atoms with Crippen LogP contribution in [-0.4, -0.2) is 36.6 Å². The first-order valence-corrected chi connectivity index (χ1v) is 7.20. The Balaban J connectivity index is 2.47. The molecule has 1 rings (SSSR count). The number of carbonyl (C=O) groups excluding carboxylic acids is 1. The van der Waals surface area contributed by atoms with Crippen LogP contribution in [0.3, 0.4) is 0 Å². The van der Waals surface area contributed by atoms with Gasteiger partial charge in [0.1, 0.15) is 0 Å². The van der Waals surface area contributed by atoms with Gasteiger partial charge in [0.25, 0.3) is 0 Å². The first-order chi connectivity index (χ1) is 9.15. The second-order valence-electron chi connectivity index (χ2n) is 6.42. The first-order valence-electron chi connectivity index (χ1n) is 7.20. The molecule has 1 atom stereocenters. The van der Waals surface area contributed by atoms with E-state index >= 15 is 0 Å². The van der Waals surface area contributed by atoms with E-state index in [1.165, 1.54) is 4.90 Å². The van der Waals surface area contributed by atoms with Crippen molar-refractivity contribution in [3.63, 3.8) is 0 Å². The number of nitrogens with two attached hydrogens (primary N) is 1. The van der Waals surface area contributed by atoms with E-state index in [0.717, 1.165) is 6.42 Å². The van der Waals surface area contributed by atoms with Gasteiger partial charge in [-0.05, 0) is 37.6 Å².